The molecule has 14 heavy (non-hydrogen) atoms. The molecule has 2 heterocycles. The minimum absolute atomic E-state index is 0.405. The highest BCUT2D eigenvalue weighted by Gasteiger charge is 2.31. The summed E-state index contributed by atoms with van der Waals surface area (Å²) in [5.74, 6) is 0.838. The molecule has 3 nitrogen and oxygen atoms in total. The first-order valence-corrected chi connectivity index (χ1v) is 5.87. The predicted octanol–water partition coefficient (Wildman–Crippen LogP) is 2.19. The van der Waals surface area contributed by atoms with Gasteiger partial charge in [0.2, 0.25) is 0 Å². The fraction of sp³-hybridized carbons (Fsp3) is 0.600. The van der Waals surface area contributed by atoms with Gasteiger partial charge >= 0.3 is 0 Å². The summed E-state index contributed by atoms with van der Waals surface area (Å²) in [4.78, 5) is 10.8. The van der Waals surface area contributed by atoms with Gasteiger partial charge in [0.1, 0.15) is 5.82 Å². The maximum Gasteiger partial charge on any atom is 0.125 e. The summed E-state index contributed by atoms with van der Waals surface area (Å²) in [6.07, 6.45) is 5.07. The van der Waals surface area contributed by atoms with Gasteiger partial charge in [-0.1, -0.05) is 22.6 Å². The van der Waals surface area contributed by atoms with Crippen LogP contribution in [0.2, 0.25) is 0 Å². The van der Waals surface area contributed by atoms with E-state index in [0.717, 1.165) is 24.6 Å². The van der Waals surface area contributed by atoms with Crippen LogP contribution in [0.25, 0.3) is 0 Å². The van der Waals surface area contributed by atoms with Crippen LogP contribution in [0.4, 0.5) is 5.69 Å². The van der Waals surface area contributed by atoms with Crippen molar-refractivity contribution in [1.29, 1.82) is 0 Å². The van der Waals surface area contributed by atoms with E-state index in [4.69, 9.17) is 0 Å². The van der Waals surface area contributed by atoms with Gasteiger partial charge in [-0.05, 0) is 20.3 Å². The molecule has 1 aromatic rings. The highest BCUT2D eigenvalue weighted by molar-refractivity contribution is 14.1. The number of alkyl halides is 1. The van der Waals surface area contributed by atoms with Crippen LogP contribution in [0.15, 0.2) is 12.4 Å². The van der Waals surface area contributed by atoms with Crippen molar-refractivity contribution in [2.24, 2.45) is 0 Å². The Hall–Kier alpha value is -0.390. The van der Waals surface area contributed by atoms with Crippen molar-refractivity contribution < 1.29 is 0 Å². The average Bonchev–Trinajstić information content (AvgIpc) is 2.47. The van der Waals surface area contributed by atoms with Gasteiger partial charge in [0.15, 0.2) is 0 Å². The molecule has 0 N–H and O–H groups in total. The summed E-state index contributed by atoms with van der Waals surface area (Å²) < 4.78 is 0.405. The van der Waals surface area contributed by atoms with Gasteiger partial charge in [-0.2, -0.15) is 0 Å². The second-order valence-corrected chi connectivity index (χ2v) is 6.68. The van der Waals surface area contributed by atoms with Gasteiger partial charge in [-0.25, -0.2) is 9.97 Å². The molecule has 0 aromatic carbocycles. The molecule has 1 aromatic heterocycles. The van der Waals surface area contributed by atoms with Gasteiger partial charge in [0.05, 0.1) is 18.1 Å². The van der Waals surface area contributed by atoms with E-state index in [-0.39, 0.29) is 0 Å². The SMILES string of the molecule is Cc1ncc(N2CC[C@@](C)(I)C2)cn1. The third-order valence-corrected chi connectivity index (χ3v) is 3.44. The van der Waals surface area contributed by atoms with E-state index in [1.165, 1.54) is 6.42 Å². The third-order valence-electron chi connectivity index (χ3n) is 2.56. The van der Waals surface area contributed by atoms with Crippen molar-refractivity contribution in [3.05, 3.63) is 18.2 Å². The molecule has 0 unspecified atom stereocenters. The summed E-state index contributed by atoms with van der Waals surface area (Å²) in [5.41, 5.74) is 1.15. The molecule has 2 rings (SSSR count). The van der Waals surface area contributed by atoms with E-state index in [2.05, 4.69) is 44.4 Å². The number of aryl methyl sites for hydroxylation is 1. The van der Waals surface area contributed by atoms with Gasteiger partial charge < -0.3 is 4.90 Å². The third kappa shape index (κ3) is 2.16. The van der Waals surface area contributed by atoms with Gasteiger partial charge in [-0.15, -0.1) is 0 Å². The molecule has 0 spiro atoms. The zero-order valence-corrected chi connectivity index (χ0v) is 10.7. The quantitative estimate of drug-likeness (QED) is 0.588. The number of anilines is 1. The summed E-state index contributed by atoms with van der Waals surface area (Å²) in [5, 5.41) is 0. The van der Waals surface area contributed by atoms with Crippen LogP contribution in [-0.2, 0) is 0 Å². The second kappa shape index (κ2) is 3.64. The summed E-state index contributed by atoms with van der Waals surface area (Å²) in [6, 6.07) is 0. The Morgan fingerprint density at radius 2 is 2.07 bits per heavy atom. The first-order valence-electron chi connectivity index (χ1n) is 4.79. The lowest BCUT2D eigenvalue weighted by molar-refractivity contribution is 0.758. The van der Waals surface area contributed by atoms with Crippen molar-refractivity contribution in [3.63, 3.8) is 0 Å². The molecule has 4 heteroatoms. The molecule has 1 atom stereocenters. The maximum atomic E-state index is 4.22. The van der Waals surface area contributed by atoms with Crippen molar-refractivity contribution >= 4 is 28.3 Å². The normalized spacial score (nSPS) is 26.9. The molecule has 0 aliphatic carbocycles. The standard InChI is InChI=1S/C10H14IN3/c1-8-12-5-9(6-13-8)14-4-3-10(2,11)7-14/h5-6H,3-4,7H2,1-2H3/t10-/m1/s1. The number of hydrogen-bond acceptors (Lipinski definition) is 3. The summed E-state index contributed by atoms with van der Waals surface area (Å²) in [6.45, 7) is 6.42. The van der Waals surface area contributed by atoms with Gasteiger partial charge in [-0.3, -0.25) is 0 Å². The molecule has 1 fully saturated rings. The van der Waals surface area contributed by atoms with Crippen molar-refractivity contribution in [2.75, 3.05) is 18.0 Å². The van der Waals surface area contributed by atoms with Crippen LogP contribution in [0.5, 0.6) is 0 Å². The molecule has 0 bridgehead atoms. The number of aromatic nitrogens is 2. The van der Waals surface area contributed by atoms with E-state index in [0.29, 0.717) is 3.42 Å². The topological polar surface area (TPSA) is 29.0 Å². The largest absolute Gasteiger partial charge is 0.368 e. The Balaban J connectivity index is 2.14. The van der Waals surface area contributed by atoms with Crippen LogP contribution in [0.1, 0.15) is 19.2 Å². The molecule has 1 aliphatic rings. The van der Waals surface area contributed by atoms with Crippen LogP contribution in [0.3, 0.4) is 0 Å². The van der Waals surface area contributed by atoms with Gasteiger partial charge in [0, 0.05) is 16.5 Å². The molecule has 76 valence electrons. The maximum absolute atomic E-state index is 4.22. The predicted molar refractivity (Wildman–Crippen MR) is 66.0 cm³/mol. The molecule has 0 radical (unpaired) electrons. The van der Waals surface area contributed by atoms with E-state index < -0.39 is 0 Å². The monoisotopic (exact) mass is 303 g/mol. The number of rotatable bonds is 1. The zero-order chi connectivity index (χ0) is 10.2. The molecule has 0 amide bonds. The molecular weight excluding hydrogens is 289 g/mol. The van der Waals surface area contributed by atoms with Crippen LogP contribution in [0, 0.1) is 6.92 Å². The zero-order valence-electron chi connectivity index (χ0n) is 8.50. The van der Waals surface area contributed by atoms with Crippen LogP contribution >= 0.6 is 22.6 Å². The minimum atomic E-state index is 0.405. The Kier molecular flexibility index (Phi) is 2.64. The fourth-order valence-electron chi connectivity index (χ4n) is 1.69. The van der Waals surface area contributed by atoms with E-state index >= 15 is 0 Å². The van der Waals surface area contributed by atoms with Crippen molar-refractivity contribution in [2.45, 2.75) is 23.7 Å². The van der Waals surface area contributed by atoms with Crippen molar-refractivity contribution in [1.82, 2.24) is 9.97 Å². The number of nitrogens with zero attached hydrogens (tertiary/aromatic N) is 3. The van der Waals surface area contributed by atoms with Crippen LogP contribution in [-0.4, -0.2) is 26.5 Å². The first-order chi connectivity index (χ1) is 6.57. The second-order valence-electron chi connectivity index (χ2n) is 4.07. The molecule has 1 saturated heterocycles. The lowest BCUT2D eigenvalue weighted by atomic mass is 10.2. The summed E-state index contributed by atoms with van der Waals surface area (Å²) >= 11 is 2.53. The van der Waals surface area contributed by atoms with E-state index in [9.17, 15) is 0 Å². The van der Waals surface area contributed by atoms with Gasteiger partial charge in [0.25, 0.3) is 0 Å². The van der Waals surface area contributed by atoms with E-state index in [1.807, 2.05) is 19.3 Å². The Morgan fingerprint density at radius 3 is 2.57 bits per heavy atom. The Labute approximate surface area is 98.1 Å². The van der Waals surface area contributed by atoms with E-state index in [1.54, 1.807) is 0 Å². The smallest absolute Gasteiger partial charge is 0.125 e. The number of hydrogen-bond donors (Lipinski definition) is 0. The van der Waals surface area contributed by atoms with Crippen LogP contribution < -0.4 is 4.90 Å². The lowest BCUT2D eigenvalue weighted by Gasteiger charge is -2.19. The minimum Gasteiger partial charge on any atom is -0.368 e. The Bertz CT molecular complexity index is 321. The average molecular weight is 303 g/mol. The molecular formula is C10H14IN3. The molecule has 0 saturated carbocycles. The highest BCUT2D eigenvalue weighted by atomic mass is 127. The van der Waals surface area contributed by atoms with Crippen molar-refractivity contribution in [3.8, 4) is 0 Å². The highest BCUT2D eigenvalue weighted by Crippen LogP contribution is 2.32. The number of halogens is 1. The lowest BCUT2D eigenvalue weighted by Crippen LogP contribution is -2.24. The molecule has 1 aliphatic heterocycles. The fourth-order valence-corrected chi connectivity index (χ4v) is 2.35. The summed E-state index contributed by atoms with van der Waals surface area (Å²) in [7, 11) is 0. The Morgan fingerprint density at radius 1 is 1.43 bits per heavy atom. The first kappa shape index (κ1) is 10.1.